The van der Waals surface area contributed by atoms with Crippen LogP contribution in [-0.4, -0.2) is 0 Å². The quantitative estimate of drug-likeness (QED) is 0.557. The van der Waals surface area contributed by atoms with Crippen LogP contribution in [0.4, 0.5) is 5.69 Å². The Morgan fingerprint density at radius 2 is 1.93 bits per heavy atom. The predicted molar refractivity (Wildman–Crippen MR) is 63.4 cm³/mol. The smallest absolute Gasteiger partial charge is 0.0343 e. The largest absolute Gasteiger partial charge is 0.399 e. The highest BCUT2D eigenvalue weighted by atomic mass is 14.5. The summed E-state index contributed by atoms with van der Waals surface area (Å²) in [6.45, 7) is 4.32. The Kier molecular flexibility index (Phi) is 4.51. The summed E-state index contributed by atoms with van der Waals surface area (Å²) in [4.78, 5) is 0. The number of nitrogens with two attached hydrogens (primary N) is 1. The minimum Gasteiger partial charge on any atom is -0.399 e. The lowest BCUT2D eigenvalue weighted by Gasteiger charge is -2.04. The van der Waals surface area contributed by atoms with Crippen molar-refractivity contribution in [3.05, 3.63) is 29.3 Å². The number of rotatable bonds is 5. The van der Waals surface area contributed by atoms with Crippen molar-refractivity contribution >= 4 is 5.69 Å². The third kappa shape index (κ3) is 3.41. The molecule has 0 saturated heterocycles. The van der Waals surface area contributed by atoms with E-state index in [1.807, 2.05) is 6.07 Å². The van der Waals surface area contributed by atoms with Crippen LogP contribution in [0.5, 0.6) is 0 Å². The maximum absolute atomic E-state index is 5.77. The second-order valence-corrected chi connectivity index (χ2v) is 4.00. The van der Waals surface area contributed by atoms with Gasteiger partial charge in [-0.3, -0.25) is 0 Å². The molecule has 2 N–H and O–H groups in total. The number of hydrogen-bond donors (Lipinski definition) is 1. The summed E-state index contributed by atoms with van der Waals surface area (Å²) in [6.07, 6.45) is 6.51. The molecule has 0 atom stereocenters. The highest BCUT2D eigenvalue weighted by Crippen LogP contribution is 2.15. The van der Waals surface area contributed by atoms with Gasteiger partial charge >= 0.3 is 0 Å². The maximum atomic E-state index is 5.77. The molecular weight excluding hydrogens is 170 g/mol. The minimum atomic E-state index is 0.905. The SMILES string of the molecule is CCCCCCc1ccc(N)c(C)c1. The molecule has 0 bridgehead atoms. The molecule has 0 aliphatic heterocycles. The highest BCUT2D eigenvalue weighted by molar-refractivity contribution is 5.47. The minimum absolute atomic E-state index is 0.905. The molecule has 0 fully saturated rings. The molecular formula is C13H21N. The summed E-state index contributed by atoms with van der Waals surface area (Å²) in [6, 6.07) is 6.38. The van der Waals surface area contributed by atoms with Crippen molar-refractivity contribution in [1.29, 1.82) is 0 Å². The van der Waals surface area contributed by atoms with Crippen LogP contribution in [0.3, 0.4) is 0 Å². The first-order valence-electron chi connectivity index (χ1n) is 5.59. The van der Waals surface area contributed by atoms with E-state index in [0.29, 0.717) is 0 Å². The first kappa shape index (κ1) is 11.1. The third-order valence-corrected chi connectivity index (χ3v) is 2.65. The van der Waals surface area contributed by atoms with Crippen LogP contribution in [0.15, 0.2) is 18.2 Å². The molecule has 1 aromatic carbocycles. The molecule has 14 heavy (non-hydrogen) atoms. The fourth-order valence-electron chi connectivity index (χ4n) is 1.65. The van der Waals surface area contributed by atoms with E-state index < -0.39 is 0 Å². The molecule has 0 saturated carbocycles. The van der Waals surface area contributed by atoms with Gasteiger partial charge in [0.25, 0.3) is 0 Å². The first-order chi connectivity index (χ1) is 6.74. The molecule has 1 rings (SSSR count). The van der Waals surface area contributed by atoms with Crippen molar-refractivity contribution in [1.82, 2.24) is 0 Å². The normalized spacial score (nSPS) is 10.4. The lowest BCUT2D eigenvalue weighted by atomic mass is 10.0. The van der Waals surface area contributed by atoms with Crippen molar-refractivity contribution in [2.24, 2.45) is 0 Å². The highest BCUT2D eigenvalue weighted by Gasteiger charge is 1.96. The van der Waals surface area contributed by atoms with Crippen molar-refractivity contribution in [2.45, 2.75) is 46.0 Å². The zero-order valence-electron chi connectivity index (χ0n) is 9.34. The molecule has 0 aliphatic carbocycles. The fourth-order valence-corrected chi connectivity index (χ4v) is 1.65. The van der Waals surface area contributed by atoms with Gasteiger partial charge in [-0.05, 0) is 37.0 Å². The van der Waals surface area contributed by atoms with Crippen LogP contribution in [-0.2, 0) is 6.42 Å². The van der Waals surface area contributed by atoms with Gasteiger partial charge in [0.1, 0.15) is 0 Å². The van der Waals surface area contributed by atoms with Gasteiger partial charge in [-0.15, -0.1) is 0 Å². The summed E-state index contributed by atoms with van der Waals surface area (Å²) in [5.41, 5.74) is 9.30. The Bertz CT molecular complexity index is 279. The summed E-state index contributed by atoms with van der Waals surface area (Å²) < 4.78 is 0. The van der Waals surface area contributed by atoms with Gasteiger partial charge in [0.05, 0.1) is 0 Å². The van der Waals surface area contributed by atoms with Crippen molar-refractivity contribution in [3.8, 4) is 0 Å². The molecule has 1 aromatic rings. The Hall–Kier alpha value is -0.980. The number of unbranched alkanes of at least 4 members (excludes halogenated alkanes) is 3. The molecule has 0 amide bonds. The van der Waals surface area contributed by atoms with E-state index in [4.69, 9.17) is 5.73 Å². The van der Waals surface area contributed by atoms with Gasteiger partial charge < -0.3 is 5.73 Å². The second-order valence-electron chi connectivity index (χ2n) is 4.00. The van der Waals surface area contributed by atoms with Crippen LogP contribution in [0.25, 0.3) is 0 Å². The summed E-state index contributed by atoms with van der Waals surface area (Å²) in [5.74, 6) is 0. The van der Waals surface area contributed by atoms with E-state index in [2.05, 4.69) is 26.0 Å². The van der Waals surface area contributed by atoms with Crippen LogP contribution >= 0.6 is 0 Å². The maximum Gasteiger partial charge on any atom is 0.0343 e. The van der Waals surface area contributed by atoms with E-state index in [0.717, 1.165) is 5.69 Å². The Morgan fingerprint density at radius 1 is 1.14 bits per heavy atom. The zero-order chi connectivity index (χ0) is 10.4. The average molecular weight is 191 g/mol. The van der Waals surface area contributed by atoms with Gasteiger partial charge in [0.15, 0.2) is 0 Å². The number of benzene rings is 1. The van der Waals surface area contributed by atoms with Crippen LogP contribution in [0.1, 0.15) is 43.7 Å². The number of anilines is 1. The van der Waals surface area contributed by atoms with E-state index in [1.54, 1.807) is 0 Å². The van der Waals surface area contributed by atoms with Crippen LogP contribution in [0, 0.1) is 6.92 Å². The van der Waals surface area contributed by atoms with E-state index in [9.17, 15) is 0 Å². The summed E-state index contributed by atoms with van der Waals surface area (Å²) in [5, 5.41) is 0. The summed E-state index contributed by atoms with van der Waals surface area (Å²) >= 11 is 0. The van der Waals surface area contributed by atoms with Crippen LogP contribution < -0.4 is 5.73 Å². The molecule has 0 spiro atoms. The van der Waals surface area contributed by atoms with Gasteiger partial charge in [-0.1, -0.05) is 38.3 Å². The molecule has 0 unspecified atom stereocenters. The van der Waals surface area contributed by atoms with Gasteiger partial charge in [-0.2, -0.15) is 0 Å². The Labute approximate surface area is 87.3 Å². The van der Waals surface area contributed by atoms with Crippen molar-refractivity contribution < 1.29 is 0 Å². The Morgan fingerprint density at radius 3 is 2.57 bits per heavy atom. The van der Waals surface area contributed by atoms with Crippen LogP contribution in [0.2, 0.25) is 0 Å². The molecule has 0 radical (unpaired) electrons. The summed E-state index contributed by atoms with van der Waals surface area (Å²) in [7, 11) is 0. The van der Waals surface area contributed by atoms with Crippen molar-refractivity contribution in [3.63, 3.8) is 0 Å². The van der Waals surface area contributed by atoms with Gasteiger partial charge in [0, 0.05) is 5.69 Å². The average Bonchev–Trinajstić information content (AvgIpc) is 2.18. The number of nitrogen functional groups attached to an aromatic ring is 1. The molecule has 0 heterocycles. The molecule has 1 heteroatoms. The molecule has 0 aliphatic rings. The molecule has 0 aromatic heterocycles. The standard InChI is InChI=1S/C13H21N/c1-3-4-5-6-7-12-8-9-13(14)11(2)10-12/h8-10H,3-7,14H2,1-2H3. The van der Waals surface area contributed by atoms with E-state index >= 15 is 0 Å². The third-order valence-electron chi connectivity index (χ3n) is 2.65. The first-order valence-corrected chi connectivity index (χ1v) is 5.59. The predicted octanol–water partition coefficient (Wildman–Crippen LogP) is 3.70. The fraction of sp³-hybridized carbons (Fsp3) is 0.538. The number of hydrogen-bond acceptors (Lipinski definition) is 1. The topological polar surface area (TPSA) is 26.0 Å². The van der Waals surface area contributed by atoms with Gasteiger partial charge in [-0.25, -0.2) is 0 Å². The monoisotopic (exact) mass is 191 g/mol. The Balaban J connectivity index is 2.39. The zero-order valence-corrected chi connectivity index (χ0v) is 9.34. The molecule has 1 nitrogen and oxygen atoms in total. The lowest BCUT2D eigenvalue weighted by molar-refractivity contribution is 0.667. The van der Waals surface area contributed by atoms with Gasteiger partial charge in [0.2, 0.25) is 0 Å². The van der Waals surface area contributed by atoms with E-state index in [1.165, 1.54) is 43.2 Å². The van der Waals surface area contributed by atoms with Crippen molar-refractivity contribution in [2.75, 3.05) is 5.73 Å². The number of aryl methyl sites for hydroxylation is 2. The second kappa shape index (κ2) is 5.69. The molecule has 78 valence electrons. The lowest BCUT2D eigenvalue weighted by Crippen LogP contribution is -1.92. The van der Waals surface area contributed by atoms with E-state index in [-0.39, 0.29) is 0 Å².